The van der Waals surface area contributed by atoms with E-state index in [0.717, 1.165) is 62.3 Å². The van der Waals surface area contributed by atoms with Crippen LogP contribution in [-0.4, -0.2) is 161 Å². The quantitative estimate of drug-likeness (QED) is 0.0445. The van der Waals surface area contributed by atoms with Gasteiger partial charge < -0.3 is 45.0 Å². The molecule has 0 saturated carbocycles. The van der Waals surface area contributed by atoms with Gasteiger partial charge in [-0.05, 0) is 120 Å². The lowest BCUT2D eigenvalue weighted by Gasteiger charge is -2.38. The molecule has 5 aliphatic heterocycles. The van der Waals surface area contributed by atoms with Gasteiger partial charge in [0.15, 0.2) is 5.78 Å². The number of benzene rings is 2. The summed E-state index contributed by atoms with van der Waals surface area (Å²) in [5.41, 5.74) is 11.6. The summed E-state index contributed by atoms with van der Waals surface area (Å²) in [5, 5.41) is 8.75. The average Bonchev–Trinajstić information content (AvgIpc) is 4.31. The molecule has 2 aromatic heterocycles. The lowest BCUT2D eigenvalue weighted by atomic mass is 9.79. The number of nitrogens with one attached hydrogen (secondary N) is 1. The minimum atomic E-state index is -0.468. The summed E-state index contributed by atoms with van der Waals surface area (Å²) in [6.45, 7) is 17.5. The van der Waals surface area contributed by atoms with Crippen molar-refractivity contribution in [2.75, 3.05) is 89.6 Å². The number of hydrogen-bond acceptors (Lipinski definition) is 15. The number of carbonyl (C=O) groups excluding carboxylic acids is 5. The van der Waals surface area contributed by atoms with E-state index in [1.54, 1.807) is 36.7 Å². The highest BCUT2D eigenvalue weighted by molar-refractivity contribution is 8.14. The predicted molar refractivity (Wildman–Crippen MR) is 303 cm³/mol. The third-order valence-corrected chi connectivity index (χ3v) is 17.6. The molecule has 4 aromatic rings. The number of ether oxygens (including phenoxy) is 2. The highest BCUT2D eigenvalue weighted by atomic mass is 32.2. The number of fused-ring (bicyclic) bond motifs is 8. The molecule has 3 fully saturated rings. The van der Waals surface area contributed by atoms with Gasteiger partial charge in [-0.25, -0.2) is 9.37 Å². The Morgan fingerprint density at radius 3 is 2.44 bits per heavy atom. The molecule has 2 bridgehead atoms. The van der Waals surface area contributed by atoms with E-state index >= 15 is 0 Å². The number of piperidine rings is 1. The molecule has 5 atom stereocenters. The number of likely N-dealkylation sites (tertiary alicyclic amines) is 2. The molecular formula is C59H74FN11O7S. The number of amides is 2. The van der Waals surface area contributed by atoms with E-state index in [4.69, 9.17) is 31.9 Å². The number of likely N-dealkylation sites (N-methyl/N-ethyl adjacent to an activating group) is 1. The minimum absolute atomic E-state index is 0.00271. The van der Waals surface area contributed by atoms with Crippen LogP contribution in [0.4, 0.5) is 21.7 Å². The van der Waals surface area contributed by atoms with Crippen molar-refractivity contribution in [3.8, 4) is 11.1 Å². The number of pyridine rings is 1. The van der Waals surface area contributed by atoms with E-state index in [2.05, 4.69) is 24.9 Å². The monoisotopic (exact) mass is 1100 g/mol. The summed E-state index contributed by atoms with van der Waals surface area (Å²) in [6.07, 6.45) is 7.50. The lowest BCUT2D eigenvalue weighted by molar-refractivity contribution is -0.141. The van der Waals surface area contributed by atoms with Crippen molar-refractivity contribution in [3.63, 3.8) is 0 Å². The van der Waals surface area contributed by atoms with Gasteiger partial charge in [0.1, 0.15) is 34.9 Å². The maximum Gasteiger partial charge on any atom is 0.260 e. The lowest BCUT2D eigenvalue weighted by Crippen LogP contribution is -2.48. The number of nitrogens with zero attached hydrogens (tertiary/aromatic N) is 9. The van der Waals surface area contributed by atoms with Crippen LogP contribution in [0.15, 0.2) is 59.7 Å². The second-order valence-electron chi connectivity index (χ2n) is 21.7. The molecule has 0 radical (unpaired) electrons. The number of aryl methyl sites for hydroxylation is 2. The molecule has 2 aromatic carbocycles. The number of nitrogens with two attached hydrogens (primary N) is 1. The largest absolute Gasteiger partial charge is 0.382 e. The number of carbonyl (C=O) groups is 5. The summed E-state index contributed by atoms with van der Waals surface area (Å²) >= 11 is 1.58. The summed E-state index contributed by atoms with van der Waals surface area (Å²) in [5.74, 6) is 0.141. The first kappa shape index (κ1) is 57.3. The SMILES string of the molecule is [C-]#[N+]c1c2c(nn1CCCC(=O)CCOCCOCCN1CCC([C@@H](CC(=O)[C@@H](C)NC)C(=O)N3CCC[C@@H]3C3=NC(C(=O)c4ccc(C)cc4)CS3)CC1)CN(C)C(=O)c1ccc(F)cc1[C@H]1CCCN1c1cc-2cnc1N. The van der Waals surface area contributed by atoms with E-state index in [1.807, 2.05) is 49.1 Å². The molecule has 1 unspecified atom stereocenters. The third kappa shape index (κ3) is 13.3. The number of thioether (sulfide) groups is 1. The van der Waals surface area contributed by atoms with Gasteiger partial charge >= 0.3 is 0 Å². The first-order valence-electron chi connectivity index (χ1n) is 28.0. The number of aliphatic imine (C=N–C) groups is 1. The Morgan fingerprint density at radius 1 is 0.937 bits per heavy atom. The molecule has 7 heterocycles. The van der Waals surface area contributed by atoms with E-state index < -0.39 is 17.8 Å². The molecule has 0 spiro atoms. The Hall–Kier alpha value is -6.37. The Morgan fingerprint density at radius 2 is 1.68 bits per heavy atom. The Balaban J connectivity index is 0.711. The maximum atomic E-state index is 14.7. The van der Waals surface area contributed by atoms with Crippen molar-refractivity contribution in [1.29, 1.82) is 0 Å². The van der Waals surface area contributed by atoms with Gasteiger partial charge in [0.25, 0.3) is 11.7 Å². The van der Waals surface area contributed by atoms with Crippen molar-refractivity contribution in [3.05, 3.63) is 99.9 Å². The molecule has 5 aliphatic rings. The number of aromatic nitrogens is 3. The maximum absolute atomic E-state index is 14.7. The first-order valence-corrected chi connectivity index (χ1v) is 29.0. The van der Waals surface area contributed by atoms with Crippen LogP contribution in [0.3, 0.4) is 0 Å². The molecule has 3 saturated heterocycles. The van der Waals surface area contributed by atoms with Gasteiger partial charge in [-0.15, -0.1) is 16.9 Å². The van der Waals surface area contributed by atoms with E-state index in [0.29, 0.717) is 103 Å². The molecular weight excluding hydrogens is 1030 g/mol. The van der Waals surface area contributed by atoms with Crippen molar-refractivity contribution in [2.45, 2.75) is 115 Å². The fourth-order valence-electron chi connectivity index (χ4n) is 11.9. The Kier molecular flexibility index (Phi) is 19.1. The van der Waals surface area contributed by atoms with Gasteiger partial charge in [0, 0.05) is 80.5 Å². The fourth-order valence-corrected chi connectivity index (χ4v) is 13.0. The fraction of sp³-hybridized carbons (Fsp3) is 0.542. The number of hydrogen-bond donors (Lipinski definition) is 2. The predicted octanol–water partition coefficient (Wildman–Crippen LogP) is 7.51. The number of nitrogen functional groups attached to an aromatic ring is 1. The molecule has 9 rings (SSSR count). The van der Waals surface area contributed by atoms with E-state index in [9.17, 15) is 28.4 Å². The van der Waals surface area contributed by atoms with Crippen LogP contribution in [0.1, 0.15) is 115 Å². The van der Waals surface area contributed by atoms with E-state index in [-0.39, 0.29) is 91.4 Å². The normalized spacial score (nSPS) is 20.4. The Labute approximate surface area is 466 Å². The molecule has 0 aliphatic carbocycles. The van der Waals surface area contributed by atoms with Crippen molar-refractivity contribution in [2.24, 2.45) is 16.8 Å². The van der Waals surface area contributed by atoms with Gasteiger partial charge in [-0.2, -0.15) is 4.68 Å². The van der Waals surface area contributed by atoms with Gasteiger partial charge in [-0.3, -0.25) is 29.0 Å². The van der Waals surface area contributed by atoms with Crippen LogP contribution in [0.25, 0.3) is 16.0 Å². The van der Waals surface area contributed by atoms with Crippen molar-refractivity contribution in [1.82, 2.24) is 34.8 Å². The van der Waals surface area contributed by atoms with Crippen LogP contribution in [0, 0.1) is 31.1 Å². The summed E-state index contributed by atoms with van der Waals surface area (Å²) in [7, 11) is 3.44. The topological polar surface area (TPSA) is 202 Å². The number of ketones is 3. The second kappa shape index (κ2) is 26.3. The average molecular weight is 1100 g/mol. The number of halogens is 1. The van der Waals surface area contributed by atoms with Crippen molar-refractivity contribution >= 4 is 63.3 Å². The van der Waals surface area contributed by atoms with Crippen molar-refractivity contribution < 1.29 is 37.8 Å². The summed E-state index contributed by atoms with van der Waals surface area (Å²) in [6, 6.07) is 12.5. The molecule has 79 heavy (non-hydrogen) atoms. The number of rotatable bonds is 22. The highest BCUT2D eigenvalue weighted by Crippen LogP contribution is 2.44. The van der Waals surface area contributed by atoms with Crippen LogP contribution >= 0.6 is 11.8 Å². The first-order chi connectivity index (χ1) is 38.2. The highest BCUT2D eigenvalue weighted by Gasteiger charge is 2.43. The smallest absolute Gasteiger partial charge is 0.260 e. The summed E-state index contributed by atoms with van der Waals surface area (Å²) < 4.78 is 28.1. The second-order valence-corrected chi connectivity index (χ2v) is 22.7. The van der Waals surface area contributed by atoms with E-state index in [1.165, 1.54) is 23.1 Å². The summed E-state index contributed by atoms with van der Waals surface area (Å²) in [4.78, 5) is 89.7. The minimum Gasteiger partial charge on any atom is -0.382 e. The van der Waals surface area contributed by atoms with Gasteiger partial charge in [0.2, 0.25) is 5.91 Å². The molecule has 18 nitrogen and oxygen atoms in total. The molecule has 20 heteroatoms. The molecule has 3 N–H and O–H groups in total. The zero-order valence-corrected chi connectivity index (χ0v) is 46.8. The molecule has 420 valence electrons. The van der Waals surface area contributed by atoms with Crippen LogP contribution < -0.4 is 16.0 Å². The number of anilines is 2. The zero-order valence-electron chi connectivity index (χ0n) is 46.0. The van der Waals surface area contributed by atoms with Gasteiger partial charge in [-0.1, -0.05) is 36.4 Å². The van der Waals surface area contributed by atoms with Crippen LogP contribution in [-0.2, 0) is 36.9 Å². The van der Waals surface area contributed by atoms with Crippen LogP contribution in [0.5, 0.6) is 0 Å². The Bertz CT molecular complexity index is 2950. The standard InChI is InChI=1S/C59H74FN11O7S/c1-37-12-14-40(15-13-37)54(74)48-36-79-57(65-48)50-11-8-22-70(50)59(76)45(33-52(73)38(2)62-3)39-18-24-68(25-19-39)26-28-78-30-29-77-27-20-43(72)9-6-23-71-56(63-4)53-41-31-51(55(61)64-34-41)69-21-7-10-49(69)46-32-42(60)16-17-44(46)58(75)67(5)35-47(53)66-71/h12-17,31-32,34,38-39,45,48-50,62H,6-11,18-30,33,35-36H2,1-3,5H3,(H2,61,64)/t38-,45-,48?,49-,50-/m1/s1. The zero-order chi connectivity index (χ0) is 55.7. The van der Waals surface area contributed by atoms with Gasteiger partial charge in [0.05, 0.1) is 68.4 Å². The van der Waals surface area contributed by atoms with Crippen LogP contribution in [0.2, 0.25) is 0 Å². The number of Topliss-reactive ketones (excluding diaryl/α,β-unsaturated/α-hetero) is 3. The molecule has 2 amide bonds. The third-order valence-electron chi connectivity index (χ3n) is 16.5.